The van der Waals surface area contributed by atoms with Gasteiger partial charge in [0.2, 0.25) is 0 Å². The van der Waals surface area contributed by atoms with Crippen molar-refractivity contribution in [2.24, 2.45) is 0 Å². The summed E-state index contributed by atoms with van der Waals surface area (Å²) in [6, 6.07) is 1.32. The van der Waals surface area contributed by atoms with Gasteiger partial charge in [0, 0.05) is 6.07 Å². The lowest BCUT2D eigenvalue weighted by molar-refractivity contribution is -0.350. The van der Waals surface area contributed by atoms with E-state index in [1.54, 1.807) is 0 Å². The molecular weight excluding hydrogens is 247 g/mol. The molecule has 1 heterocycles. The van der Waals surface area contributed by atoms with Crippen LogP contribution in [-0.2, 0) is 5.67 Å². The topological polar surface area (TPSA) is 38.7 Å². The van der Waals surface area contributed by atoms with Crippen molar-refractivity contribution in [2.45, 2.75) is 18.0 Å². The molecule has 0 aromatic carbocycles. The fourth-order valence-electron chi connectivity index (χ4n) is 0.813. The number of aromatic nitrogens is 3. The molecule has 0 aliphatic rings. The normalized spacial score (nSPS) is 13.9. The molecule has 89 valence electrons. The fraction of sp³-hybridized carbons (Fsp3) is 0.500. The highest BCUT2D eigenvalue weighted by Gasteiger charge is 2.75. The summed E-state index contributed by atoms with van der Waals surface area (Å²) in [5, 5.41) is 7.66. The molecule has 0 N–H and O–H groups in total. The summed E-state index contributed by atoms with van der Waals surface area (Å²) >= 11 is 0. The van der Waals surface area contributed by atoms with E-state index in [9.17, 15) is 30.7 Å². The van der Waals surface area contributed by atoms with Crippen LogP contribution in [0.15, 0.2) is 6.20 Å². The first kappa shape index (κ1) is 12.6. The third-order valence-corrected chi connectivity index (χ3v) is 1.56. The van der Waals surface area contributed by atoms with Gasteiger partial charge in [-0.1, -0.05) is 0 Å². The molecule has 1 rings (SSSR count). The first-order valence-corrected chi connectivity index (χ1v) is 3.49. The number of alkyl halides is 7. The largest absolute Gasteiger partial charge is 0.437 e. The van der Waals surface area contributed by atoms with E-state index < -0.39 is 23.7 Å². The minimum Gasteiger partial charge on any atom is -0.216 e. The summed E-state index contributed by atoms with van der Waals surface area (Å²) in [6.07, 6.45) is -12.1. The van der Waals surface area contributed by atoms with Crippen molar-refractivity contribution < 1.29 is 30.7 Å². The second-order valence-corrected chi connectivity index (χ2v) is 2.58. The Hall–Kier alpha value is -1.48. The van der Waals surface area contributed by atoms with E-state index >= 15 is 0 Å². The Morgan fingerprint density at radius 3 is 1.75 bits per heavy atom. The van der Waals surface area contributed by atoms with Gasteiger partial charge in [0.15, 0.2) is 0 Å². The zero-order chi connectivity index (χ0) is 12.6. The maximum absolute atomic E-state index is 13.1. The Kier molecular flexibility index (Phi) is 2.77. The van der Waals surface area contributed by atoms with Crippen molar-refractivity contribution in [1.29, 1.82) is 0 Å². The zero-order valence-corrected chi connectivity index (χ0v) is 7.06. The van der Waals surface area contributed by atoms with E-state index in [4.69, 9.17) is 0 Å². The van der Waals surface area contributed by atoms with Crippen molar-refractivity contribution >= 4 is 0 Å². The van der Waals surface area contributed by atoms with Crippen LogP contribution < -0.4 is 0 Å². The first-order valence-electron chi connectivity index (χ1n) is 3.49. The van der Waals surface area contributed by atoms with Gasteiger partial charge in [-0.05, 0) is 5.21 Å². The van der Waals surface area contributed by atoms with E-state index in [0.717, 1.165) is 0 Å². The van der Waals surface area contributed by atoms with Gasteiger partial charge < -0.3 is 0 Å². The van der Waals surface area contributed by atoms with Crippen molar-refractivity contribution in [1.82, 2.24) is 15.4 Å². The SMILES string of the molecule is FC(F)(F)C(F)(c1[c]cnnn1)C(F)(F)F. The van der Waals surface area contributed by atoms with Crippen LogP contribution in [0, 0.1) is 6.07 Å². The minimum absolute atomic E-state index is 0.355. The molecule has 0 fully saturated rings. The average Bonchev–Trinajstić information content (AvgIpc) is 2.14. The standard InChI is InChI=1S/C6HF7N3/c7-4(5(8,9)10,6(11,12)13)3-1-2-14-16-15-3/h2H. The molecule has 0 aliphatic carbocycles. The third kappa shape index (κ3) is 1.78. The van der Waals surface area contributed by atoms with Crippen LogP contribution in [0.2, 0.25) is 0 Å². The van der Waals surface area contributed by atoms with Crippen LogP contribution in [-0.4, -0.2) is 27.8 Å². The van der Waals surface area contributed by atoms with Crippen molar-refractivity contribution in [3.05, 3.63) is 18.0 Å². The molecule has 1 aromatic rings. The molecule has 0 amide bonds. The van der Waals surface area contributed by atoms with Crippen LogP contribution in [0.3, 0.4) is 0 Å². The van der Waals surface area contributed by atoms with Crippen LogP contribution in [0.25, 0.3) is 0 Å². The Labute approximate surface area is 83.3 Å². The summed E-state index contributed by atoms with van der Waals surface area (Å²) < 4.78 is 85.6. The van der Waals surface area contributed by atoms with Crippen LogP contribution >= 0.6 is 0 Å². The maximum atomic E-state index is 13.1. The highest BCUT2D eigenvalue weighted by molar-refractivity contribution is 5.14. The van der Waals surface area contributed by atoms with Gasteiger partial charge in [0.05, 0.1) is 6.20 Å². The number of halogens is 7. The molecule has 3 nitrogen and oxygen atoms in total. The van der Waals surface area contributed by atoms with E-state index in [1.807, 2.05) is 0 Å². The first-order chi connectivity index (χ1) is 7.11. The second-order valence-electron chi connectivity index (χ2n) is 2.58. The van der Waals surface area contributed by atoms with Crippen LogP contribution in [0.4, 0.5) is 30.7 Å². The van der Waals surface area contributed by atoms with Gasteiger partial charge >= 0.3 is 18.0 Å². The van der Waals surface area contributed by atoms with Gasteiger partial charge in [0.25, 0.3) is 0 Å². The molecule has 0 aliphatic heterocycles. The van der Waals surface area contributed by atoms with E-state index in [1.165, 1.54) is 6.07 Å². The van der Waals surface area contributed by atoms with Gasteiger partial charge in [-0.3, -0.25) is 0 Å². The maximum Gasteiger partial charge on any atom is 0.437 e. The molecule has 0 unspecified atom stereocenters. The van der Waals surface area contributed by atoms with Crippen molar-refractivity contribution in [2.75, 3.05) is 0 Å². The van der Waals surface area contributed by atoms with Gasteiger partial charge in [0.1, 0.15) is 5.69 Å². The zero-order valence-electron chi connectivity index (χ0n) is 7.06. The molecule has 0 saturated heterocycles. The molecule has 0 spiro atoms. The number of nitrogens with zero attached hydrogens (tertiary/aromatic N) is 3. The summed E-state index contributed by atoms with van der Waals surface area (Å²) in [5.41, 5.74) is -7.63. The lowest BCUT2D eigenvalue weighted by Crippen LogP contribution is -2.51. The lowest BCUT2D eigenvalue weighted by Gasteiger charge is -2.28. The summed E-state index contributed by atoms with van der Waals surface area (Å²) in [6.45, 7) is 0. The quantitative estimate of drug-likeness (QED) is 0.713. The summed E-state index contributed by atoms with van der Waals surface area (Å²) in [5.74, 6) is 0. The average molecular weight is 248 g/mol. The molecule has 0 saturated carbocycles. The number of rotatable bonds is 1. The summed E-state index contributed by atoms with van der Waals surface area (Å²) in [4.78, 5) is 0. The fourth-order valence-corrected chi connectivity index (χ4v) is 0.813. The van der Waals surface area contributed by atoms with Crippen molar-refractivity contribution in [3.63, 3.8) is 0 Å². The molecule has 1 radical (unpaired) electrons. The molecule has 0 atom stereocenters. The van der Waals surface area contributed by atoms with Crippen LogP contribution in [0.5, 0.6) is 0 Å². The van der Waals surface area contributed by atoms with Gasteiger partial charge in [-0.15, -0.1) is 10.2 Å². The second kappa shape index (κ2) is 3.52. The monoisotopic (exact) mass is 248 g/mol. The third-order valence-electron chi connectivity index (χ3n) is 1.56. The van der Waals surface area contributed by atoms with Crippen molar-refractivity contribution in [3.8, 4) is 0 Å². The minimum atomic E-state index is -6.21. The number of hydrogen-bond donors (Lipinski definition) is 0. The lowest BCUT2D eigenvalue weighted by atomic mass is 10.0. The van der Waals surface area contributed by atoms with E-state index in [-0.39, 0.29) is 0 Å². The highest BCUT2D eigenvalue weighted by Crippen LogP contribution is 2.52. The summed E-state index contributed by atoms with van der Waals surface area (Å²) in [7, 11) is 0. The molecule has 1 aromatic heterocycles. The smallest absolute Gasteiger partial charge is 0.216 e. The Morgan fingerprint density at radius 1 is 0.938 bits per heavy atom. The van der Waals surface area contributed by atoms with E-state index in [0.29, 0.717) is 6.20 Å². The predicted octanol–water partition coefficient (Wildman–Crippen LogP) is 1.96. The Bertz CT molecular complexity index is 343. The highest BCUT2D eigenvalue weighted by atomic mass is 19.4. The predicted molar refractivity (Wildman–Crippen MR) is 33.6 cm³/mol. The Balaban J connectivity index is 3.39. The molecule has 0 bridgehead atoms. The van der Waals surface area contributed by atoms with Gasteiger partial charge in [-0.2, -0.15) is 26.3 Å². The van der Waals surface area contributed by atoms with Gasteiger partial charge in [-0.25, -0.2) is 4.39 Å². The molecule has 16 heavy (non-hydrogen) atoms. The van der Waals surface area contributed by atoms with Crippen LogP contribution in [0.1, 0.15) is 5.69 Å². The number of hydrogen-bond acceptors (Lipinski definition) is 3. The molecule has 10 heteroatoms. The molecular formula is C6HF7N3. The van der Waals surface area contributed by atoms with E-state index in [2.05, 4.69) is 15.4 Å². The Morgan fingerprint density at radius 2 is 1.44 bits per heavy atom.